The summed E-state index contributed by atoms with van der Waals surface area (Å²) in [4.78, 5) is 13.9. The second kappa shape index (κ2) is 5.83. The fourth-order valence-electron chi connectivity index (χ4n) is 2.83. The molecule has 1 saturated heterocycles. The average molecular weight is 240 g/mol. The van der Waals surface area contributed by atoms with E-state index in [4.69, 9.17) is 0 Å². The smallest absolute Gasteiger partial charge is 0.236 e. The Morgan fingerprint density at radius 1 is 1.35 bits per heavy atom. The fraction of sp³-hybridized carbons (Fsp3) is 0.923. The Kier molecular flexibility index (Phi) is 4.40. The first-order valence-electron chi connectivity index (χ1n) is 6.86. The minimum Gasteiger partial charge on any atom is -0.393 e. The zero-order valence-electron chi connectivity index (χ0n) is 10.7. The number of rotatable bonds is 3. The Labute approximate surface area is 103 Å². The van der Waals surface area contributed by atoms with E-state index in [2.05, 4.69) is 5.32 Å². The van der Waals surface area contributed by atoms with E-state index >= 15 is 0 Å². The zero-order valence-corrected chi connectivity index (χ0v) is 10.7. The van der Waals surface area contributed by atoms with Gasteiger partial charge in [0.05, 0.1) is 12.6 Å². The van der Waals surface area contributed by atoms with Crippen LogP contribution < -0.4 is 5.32 Å². The highest BCUT2D eigenvalue weighted by Crippen LogP contribution is 2.18. The Bertz CT molecular complexity index is 264. The van der Waals surface area contributed by atoms with Crippen LogP contribution in [-0.4, -0.2) is 47.7 Å². The van der Waals surface area contributed by atoms with Crippen molar-refractivity contribution >= 4 is 5.91 Å². The summed E-state index contributed by atoms with van der Waals surface area (Å²) in [6, 6.07) is 0.548. The normalized spacial score (nSPS) is 30.8. The molecule has 0 aromatic heterocycles. The summed E-state index contributed by atoms with van der Waals surface area (Å²) in [5.41, 5.74) is 0. The second-order valence-corrected chi connectivity index (χ2v) is 5.54. The predicted octanol–water partition coefficient (Wildman–Crippen LogP) is 0.748. The largest absolute Gasteiger partial charge is 0.393 e. The highest BCUT2D eigenvalue weighted by Gasteiger charge is 2.27. The molecular weight excluding hydrogens is 216 g/mol. The van der Waals surface area contributed by atoms with E-state index < -0.39 is 0 Å². The summed E-state index contributed by atoms with van der Waals surface area (Å²) >= 11 is 0. The molecule has 2 atom stereocenters. The van der Waals surface area contributed by atoms with Gasteiger partial charge in [0, 0.05) is 19.1 Å². The molecule has 2 aliphatic rings. The van der Waals surface area contributed by atoms with Crippen molar-refractivity contribution in [3.63, 3.8) is 0 Å². The SMILES string of the molecule is CC1CN(C(=O)CNC2CCCC2)CCC1O. The maximum absolute atomic E-state index is 12.0. The van der Waals surface area contributed by atoms with Crippen molar-refractivity contribution in [2.24, 2.45) is 5.92 Å². The maximum atomic E-state index is 12.0. The Morgan fingerprint density at radius 2 is 2.06 bits per heavy atom. The van der Waals surface area contributed by atoms with Gasteiger partial charge in [-0.05, 0) is 25.2 Å². The molecule has 0 spiro atoms. The summed E-state index contributed by atoms with van der Waals surface area (Å²) in [6.07, 6.45) is 5.49. The summed E-state index contributed by atoms with van der Waals surface area (Å²) in [5, 5.41) is 13.0. The lowest BCUT2D eigenvalue weighted by molar-refractivity contribution is -0.133. The third kappa shape index (κ3) is 3.42. The first-order chi connectivity index (χ1) is 8.16. The monoisotopic (exact) mass is 240 g/mol. The molecule has 2 rings (SSSR count). The van der Waals surface area contributed by atoms with Crippen LogP contribution >= 0.6 is 0 Å². The molecule has 2 N–H and O–H groups in total. The number of piperidine rings is 1. The van der Waals surface area contributed by atoms with Crippen LogP contribution in [0, 0.1) is 5.92 Å². The number of hydrogen-bond donors (Lipinski definition) is 2. The molecule has 17 heavy (non-hydrogen) atoms. The number of hydrogen-bond acceptors (Lipinski definition) is 3. The maximum Gasteiger partial charge on any atom is 0.236 e. The van der Waals surface area contributed by atoms with Gasteiger partial charge in [-0.2, -0.15) is 0 Å². The molecular formula is C13H24N2O2. The average Bonchev–Trinajstić information content (AvgIpc) is 2.82. The number of aliphatic hydroxyl groups is 1. The van der Waals surface area contributed by atoms with Crippen molar-refractivity contribution in [1.82, 2.24) is 10.2 Å². The summed E-state index contributed by atoms with van der Waals surface area (Å²) in [5.74, 6) is 0.398. The van der Waals surface area contributed by atoms with Gasteiger partial charge in [0.15, 0.2) is 0 Å². The van der Waals surface area contributed by atoms with Crippen molar-refractivity contribution in [1.29, 1.82) is 0 Å². The van der Waals surface area contributed by atoms with E-state index in [9.17, 15) is 9.90 Å². The molecule has 2 unspecified atom stereocenters. The van der Waals surface area contributed by atoms with E-state index in [1.807, 2.05) is 11.8 Å². The van der Waals surface area contributed by atoms with Crippen molar-refractivity contribution in [3.8, 4) is 0 Å². The molecule has 4 nitrogen and oxygen atoms in total. The third-order valence-electron chi connectivity index (χ3n) is 4.11. The molecule has 98 valence electrons. The number of amides is 1. The highest BCUT2D eigenvalue weighted by atomic mass is 16.3. The van der Waals surface area contributed by atoms with Crippen molar-refractivity contribution < 1.29 is 9.90 Å². The zero-order chi connectivity index (χ0) is 12.3. The molecule has 0 radical (unpaired) electrons. The lowest BCUT2D eigenvalue weighted by Crippen LogP contribution is -2.48. The third-order valence-corrected chi connectivity index (χ3v) is 4.11. The lowest BCUT2D eigenvalue weighted by Gasteiger charge is -2.34. The molecule has 4 heteroatoms. The van der Waals surface area contributed by atoms with Gasteiger partial charge < -0.3 is 15.3 Å². The first kappa shape index (κ1) is 12.8. The first-order valence-corrected chi connectivity index (χ1v) is 6.86. The molecule has 1 aliphatic carbocycles. The molecule has 2 fully saturated rings. The minimum absolute atomic E-state index is 0.190. The van der Waals surface area contributed by atoms with Gasteiger partial charge in [0.2, 0.25) is 5.91 Å². The fourth-order valence-corrected chi connectivity index (χ4v) is 2.83. The molecule has 0 aromatic rings. The number of carbonyl (C=O) groups is 1. The number of aliphatic hydroxyl groups excluding tert-OH is 1. The van der Waals surface area contributed by atoms with Gasteiger partial charge in [-0.1, -0.05) is 19.8 Å². The van der Waals surface area contributed by atoms with Gasteiger partial charge in [0.25, 0.3) is 0 Å². The van der Waals surface area contributed by atoms with Crippen LogP contribution in [-0.2, 0) is 4.79 Å². The van der Waals surface area contributed by atoms with Gasteiger partial charge in [-0.15, -0.1) is 0 Å². The van der Waals surface area contributed by atoms with Crippen LogP contribution in [0.5, 0.6) is 0 Å². The Hall–Kier alpha value is -0.610. The van der Waals surface area contributed by atoms with Gasteiger partial charge in [-0.25, -0.2) is 0 Å². The summed E-state index contributed by atoms with van der Waals surface area (Å²) in [7, 11) is 0. The van der Waals surface area contributed by atoms with Crippen LogP contribution in [0.4, 0.5) is 0 Å². The topological polar surface area (TPSA) is 52.6 Å². The lowest BCUT2D eigenvalue weighted by atomic mass is 9.97. The predicted molar refractivity (Wildman–Crippen MR) is 66.6 cm³/mol. The van der Waals surface area contributed by atoms with E-state index in [1.165, 1.54) is 25.7 Å². The Balaban J connectivity index is 1.72. The van der Waals surface area contributed by atoms with Crippen molar-refractivity contribution in [2.45, 2.75) is 51.2 Å². The molecule has 0 aromatic carbocycles. The van der Waals surface area contributed by atoms with Crippen LogP contribution in [0.2, 0.25) is 0 Å². The molecule has 0 bridgehead atoms. The van der Waals surface area contributed by atoms with E-state index in [-0.39, 0.29) is 17.9 Å². The Morgan fingerprint density at radius 3 is 2.71 bits per heavy atom. The number of likely N-dealkylation sites (tertiary alicyclic amines) is 1. The van der Waals surface area contributed by atoms with Crippen LogP contribution in [0.1, 0.15) is 39.0 Å². The van der Waals surface area contributed by atoms with Gasteiger partial charge in [-0.3, -0.25) is 4.79 Å². The van der Waals surface area contributed by atoms with Crippen LogP contribution in [0.25, 0.3) is 0 Å². The van der Waals surface area contributed by atoms with E-state index in [1.54, 1.807) is 0 Å². The summed E-state index contributed by atoms with van der Waals surface area (Å²) in [6.45, 7) is 3.88. The van der Waals surface area contributed by atoms with E-state index in [0.29, 0.717) is 25.7 Å². The second-order valence-electron chi connectivity index (χ2n) is 5.54. The quantitative estimate of drug-likeness (QED) is 0.765. The standard InChI is InChI=1S/C13H24N2O2/c1-10-9-15(7-6-12(10)16)13(17)8-14-11-4-2-3-5-11/h10-12,14,16H,2-9H2,1H3. The van der Waals surface area contributed by atoms with Gasteiger partial charge in [0.1, 0.15) is 0 Å². The number of nitrogens with one attached hydrogen (secondary N) is 1. The molecule has 1 amide bonds. The minimum atomic E-state index is -0.234. The molecule has 1 saturated carbocycles. The van der Waals surface area contributed by atoms with E-state index in [0.717, 1.165) is 6.42 Å². The molecule has 1 aliphatic heterocycles. The molecule has 1 heterocycles. The van der Waals surface area contributed by atoms with Gasteiger partial charge >= 0.3 is 0 Å². The van der Waals surface area contributed by atoms with Crippen molar-refractivity contribution in [2.75, 3.05) is 19.6 Å². The number of carbonyl (C=O) groups excluding carboxylic acids is 1. The van der Waals surface area contributed by atoms with Crippen LogP contribution in [0.3, 0.4) is 0 Å². The van der Waals surface area contributed by atoms with Crippen LogP contribution in [0.15, 0.2) is 0 Å². The highest BCUT2D eigenvalue weighted by molar-refractivity contribution is 5.78. The summed E-state index contributed by atoms with van der Waals surface area (Å²) < 4.78 is 0. The number of nitrogens with zero attached hydrogens (tertiary/aromatic N) is 1. The van der Waals surface area contributed by atoms with Crippen molar-refractivity contribution in [3.05, 3.63) is 0 Å².